The fourth-order valence-corrected chi connectivity index (χ4v) is 2.69. The third kappa shape index (κ3) is 5.80. The number of terminal acetylenes is 1. The van der Waals surface area contributed by atoms with E-state index in [4.69, 9.17) is 10.9 Å². The summed E-state index contributed by atoms with van der Waals surface area (Å²) in [5.41, 5.74) is 0. The first-order valence-electron chi connectivity index (χ1n) is 4.56. The molecule has 0 bridgehead atoms. The number of hydrogen-bond donors (Lipinski definition) is 0. The van der Waals surface area contributed by atoms with E-state index >= 15 is 0 Å². The lowest BCUT2D eigenvalue weighted by molar-refractivity contribution is 0.354. The first-order chi connectivity index (χ1) is 6.68. The minimum atomic E-state index is -2.62. The third-order valence-electron chi connectivity index (χ3n) is 1.67. The molecule has 0 amide bonds. The molecule has 78 valence electrons. The van der Waals surface area contributed by atoms with Crippen LogP contribution in [-0.4, -0.2) is 18.9 Å². The second-order valence-electron chi connectivity index (χ2n) is 2.92. The first kappa shape index (κ1) is 13.2. The van der Waals surface area contributed by atoms with Crippen LogP contribution in [0.4, 0.5) is 0 Å². The van der Waals surface area contributed by atoms with Crippen molar-refractivity contribution in [3.8, 4) is 12.3 Å². The molecule has 0 N–H and O–H groups in total. The van der Waals surface area contributed by atoms with Gasteiger partial charge in [-0.25, -0.2) is 0 Å². The molecule has 0 spiro atoms. The molecule has 0 aliphatic rings. The molecule has 0 aromatic carbocycles. The topological polar surface area (TPSA) is 26.3 Å². The van der Waals surface area contributed by atoms with Gasteiger partial charge in [0.1, 0.15) is 0 Å². The van der Waals surface area contributed by atoms with Crippen LogP contribution in [0.1, 0.15) is 12.8 Å². The summed E-state index contributed by atoms with van der Waals surface area (Å²) >= 11 is 0. The van der Waals surface area contributed by atoms with E-state index < -0.39 is 7.37 Å². The maximum atomic E-state index is 12.0. The van der Waals surface area contributed by atoms with Gasteiger partial charge < -0.3 is 4.52 Å². The van der Waals surface area contributed by atoms with Crippen LogP contribution in [0, 0.1) is 12.3 Å². The van der Waals surface area contributed by atoms with Crippen molar-refractivity contribution in [2.75, 3.05) is 18.9 Å². The van der Waals surface area contributed by atoms with Gasteiger partial charge in [0.15, 0.2) is 0 Å². The first-order valence-corrected chi connectivity index (χ1v) is 6.56. The largest absolute Gasteiger partial charge is 0.324 e. The molecule has 0 rings (SSSR count). The van der Waals surface area contributed by atoms with Crippen molar-refractivity contribution >= 4 is 7.37 Å². The predicted octanol–water partition coefficient (Wildman–Crippen LogP) is 3.07. The molecule has 0 aromatic heterocycles. The van der Waals surface area contributed by atoms with Crippen LogP contribution in [-0.2, 0) is 9.09 Å². The zero-order valence-electron chi connectivity index (χ0n) is 8.45. The van der Waals surface area contributed by atoms with Gasteiger partial charge in [0.2, 0.25) is 7.37 Å². The fraction of sp³-hybridized carbons (Fsp3) is 0.455. The van der Waals surface area contributed by atoms with Crippen LogP contribution in [0.25, 0.3) is 0 Å². The number of rotatable bonds is 8. The van der Waals surface area contributed by atoms with Crippen LogP contribution in [0.15, 0.2) is 25.3 Å². The van der Waals surface area contributed by atoms with Crippen LogP contribution in [0.3, 0.4) is 0 Å². The Morgan fingerprint density at radius 1 is 1.43 bits per heavy atom. The van der Waals surface area contributed by atoms with E-state index in [1.54, 1.807) is 12.2 Å². The molecule has 3 heteroatoms. The van der Waals surface area contributed by atoms with E-state index in [9.17, 15) is 4.57 Å². The summed E-state index contributed by atoms with van der Waals surface area (Å²) in [6, 6.07) is 0. The van der Waals surface area contributed by atoms with Gasteiger partial charge in [0, 0.05) is 6.16 Å². The van der Waals surface area contributed by atoms with Crippen molar-refractivity contribution in [1.29, 1.82) is 0 Å². The van der Waals surface area contributed by atoms with Crippen molar-refractivity contribution in [2.45, 2.75) is 12.8 Å². The van der Waals surface area contributed by atoms with E-state index in [2.05, 4.69) is 19.1 Å². The smallest absolute Gasteiger partial charge is 0.215 e. The van der Waals surface area contributed by atoms with Crippen molar-refractivity contribution in [2.24, 2.45) is 0 Å². The molecule has 0 radical (unpaired) electrons. The maximum Gasteiger partial charge on any atom is 0.215 e. The van der Waals surface area contributed by atoms with Gasteiger partial charge in [-0.2, -0.15) is 0 Å². The standard InChI is InChI=1S/C11H17O2P/c1-4-7-8-11-14(12,10-6-3)13-9-5-2/h3-5H,1-2,7-11H2. The molecular weight excluding hydrogens is 195 g/mol. The molecule has 0 aliphatic carbocycles. The summed E-state index contributed by atoms with van der Waals surface area (Å²) in [6.45, 7) is 7.41. The molecule has 1 atom stereocenters. The highest BCUT2D eigenvalue weighted by Gasteiger charge is 2.20. The van der Waals surface area contributed by atoms with Gasteiger partial charge in [0.05, 0.1) is 12.8 Å². The molecule has 0 fully saturated rings. The summed E-state index contributed by atoms with van der Waals surface area (Å²) in [6.07, 6.45) is 10.9. The van der Waals surface area contributed by atoms with E-state index in [0.717, 1.165) is 12.8 Å². The van der Waals surface area contributed by atoms with E-state index in [1.165, 1.54) is 0 Å². The minimum Gasteiger partial charge on any atom is -0.324 e. The van der Waals surface area contributed by atoms with E-state index in [1.807, 2.05) is 0 Å². The Kier molecular flexibility index (Phi) is 7.20. The molecular formula is C11H17O2P. The van der Waals surface area contributed by atoms with Crippen LogP contribution >= 0.6 is 7.37 Å². The van der Waals surface area contributed by atoms with E-state index in [-0.39, 0.29) is 6.16 Å². The van der Waals surface area contributed by atoms with Gasteiger partial charge in [0.25, 0.3) is 0 Å². The van der Waals surface area contributed by atoms with Gasteiger partial charge in [-0.15, -0.1) is 19.6 Å². The number of allylic oxidation sites excluding steroid dienone is 1. The average Bonchev–Trinajstić information content (AvgIpc) is 2.16. The Morgan fingerprint density at radius 3 is 2.64 bits per heavy atom. The lowest BCUT2D eigenvalue weighted by atomic mass is 10.3. The Balaban J connectivity index is 4.10. The molecule has 1 unspecified atom stereocenters. The summed E-state index contributed by atoms with van der Waals surface area (Å²) in [5.74, 6) is 2.40. The van der Waals surface area contributed by atoms with Gasteiger partial charge in [-0.3, -0.25) is 4.57 Å². The van der Waals surface area contributed by atoms with Crippen LogP contribution < -0.4 is 0 Å². The molecule has 14 heavy (non-hydrogen) atoms. The maximum absolute atomic E-state index is 12.0. The second-order valence-corrected chi connectivity index (χ2v) is 5.57. The Morgan fingerprint density at radius 2 is 2.14 bits per heavy atom. The Labute approximate surface area is 86.5 Å². The lowest BCUT2D eigenvalue weighted by Crippen LogP contribution is -1.99. The van der Waals surface area contributed by atoms with Gasteiger partial charge in [-0.05, 0) is 12.8 Å². The molecule has 0 saturated carbocycles. The van der Waals surface area contributed by atoms with Crippen molar-refractivity contribution < 1.29 is 9.09 Å². The molecule has 0 aliphatic heterocycles. The zero-order valence-corrected chi connectivity index (χ0v) is 9.34. The molecule has 2 nitrogen and oxygen atoms in total. The van der Waals surface area contributed by atoms with Crippen LogP contribution in [0.2, 0.25) is 0 Å². The highest BCUT2D eigenvalue weighted by molar-refractivity contribution is 7.59. The quantitative estimate of drug-likeness (QED) is 0.267. The average molecular weight is 212 g/mol. The lowest BCUT2D eigenvalue weighted by Gasteiger charge is -2.14. The summed E-state index contributed by atoms with van der Waals surface area (Å²) in [4.78, 5) is 0. The SMILES string of the molecule is C#CCP(=O)(CCCC=C)OCC=C. The molecule has 0 heterocycles. The van der Waals surface area contributed by atoms with Crippen molar-refractivity contribution in [3.05, 3.63) is 25.3 Å². The van der Waals surface area contributed by atoms with Crippen molar-refractivity contribution in [3.63, 3.8) is 0 Å². The number of unbranched alkanes of at least 4 members (excludes halogenated alkanes) is 1. The summed E-state index contributed by atoms with van der Waals surface area (Å²) < 4.78 is 17.2. The highest BCUT2D eigenvalue weighted by atomic mass is 31.2. The van der Waals surface area contributed by atoms with E-state index in [0.29, 0.717) is 12.8 Å². The Hall–Kier alpha value is -0.770. The van der Waals surface area contributed by atoms with Gasteiger partial charge in [-0.1, -0.05) is 18.1 Å². The predicted molar refractivity (Wildman–Crippen MR) is 61.8 cm³/mol. The molecule has 0 saturated heterocycles. The number of hydrogen-bond acceptors (Lipinski definition) is 2. The summed E-state index contributed by atoms with van der Waals surface area (Å²) in [5, 5.41) is 0. The second kappa shape index (κ2) is 7.62. The van der Waals surface area contributed by atoms with Crippen molar-refractivity contribution in [1.82, 2.24) is 0 Å². The van der Waals surface area contributed by atoms with Crippen LogP contribution in [0.5, 0.6) is 0 Å². The fourth-order valence-electron chi connectivity index (χ4n) is 0.993. The zero-order chi connectivity index (χ0) is 10.9. The normalized spacial score (nSPS) is 13.9. The monoisotopic (exact) mass is 212 g/mol. The Bertz CT molecular complexity index is 263. The highest BCUT2D eigenvalue weighted by Crippen LogP contribution is 2.47. The van der Waals surface area contributed by atoms with Gasteiger partial charge >= 0.3 is 0 Å². The summed E-state index contributed by atoms with van der Waals surface area (Å²) in [7, 11) is -2.62. The molecule has 0 aromatic rings. The minimum absolute atomic E-state index is 0.206. The third-order valence-corrected chi connectivity index (χ3v) is 3.95.